The van der Waals surface area contributed by atoms with E-state index in [1.807, 2.05) is 0 Å². The Kier molecular flexibility index (Phi) is 3.10. The summed E-state index contributed by atoms with van der Waals surface area (Å²) in [5.74, 6) is 0.614. The summed E-state index contributed by atoms with van der Waals surface area (Å²) in [6.07, 6.45) is 1.77. The molecule has 0 saturated carbocycles. The van der Waals surface area contributed by atoms with Gasteiger partial charge in [0.15, 0.2) is 0 Å². The number of hydrogen-bond acceptors (Lipinski definition) is 3. The van der Waals surface area contributed by atoms with Gasteiger partial charge in [-0.2, -0.15) is 5.10 Å². The average Bonchev–Trinajstić information content (AvgIpc) is 2.43. The zero-order valence-electron chi connectivity index (χ0n) is 7.55. The number of rotatable bonds is 4. The molecule has 12 heavy (non-hydrogen) atoms. The molecule has 0 aromatic carbocycles. The first kappa shape index (κ1) is 9.06. The molecule has 0 radical (unpaired) electrons. The van der Waals surface area contributed by atoms with Crippen LogP contribution in [0, 0.1) is 0 Å². The first-order valence-electron chi connectivity index (χ1n) is 4.10. The fourth-order valence-electron chi connectivity index (χ4n) is 1.22. The van der Waals surface area contributed by atoms with Gasteiger partial charge in [-0.05, 0) is 6.42 Å². The van der Waals surface area contributed by atoms with Crippen molar-refractivity contribution in [3.63, 3.8) is 0 Å². The predicted octanol–water partition coefficient (Wildman–Crippen LogP) is 0.743. The van der Waals surface area contributed by atoms with E-state index in [1.54, 1.807) is 7.11 Å². The number of nitrogens with one attached hydrogen (secondary N) is 1. The van der Waals surface area contributed by atoms with E-state index in [1.165, 1.54) is 0 Å². The Morgan fingerprint density at radius 3 is 2.92 bits per heavy atom. The van der Waals surface area contributed by atoms with Gasteiger partial charge in [-0.15, -0.1) is 0 Å². The van der Waals surface area contributed by atoms with Crippen molar-refractivity contribution in [1.29, 1.82) is 0 Å². The predicted molar refractivity (Wildman–Crippen MR) is 48.0 cm³/mol. The number of aromatic nitrogens is 2. The largest absolute Gasteiger partial charge is 0.384 e. The molecule has 0 aliphatic carbocycles. The molecule has 1 heterocycles. The van der Waals surface area contributed by atoms with E-state index in [0.717, 1.165) is 24.1 Å². The lowest BCUT2D eigenvalue weighted by Gasteiger charge is -1.99. The lowest BCUT2D eigenvalue weighted by Crippen LogP contribution is -1.98. The smallest absolute Gasteiger partial charge is 0.148 e. The fourth-order valence-corrected chi connectivity index (χ4v) is 1.22. The first-order valence-corrected chi connectivity index (χ1v) is 4.10. The first-order chi connectivity index (χ1) is 5.79. The summed E-state index contributed by atoms with van der Waals surface area (Å²) in [7, 11) is 1.69. The molecular weight excluding hydrogens is 154 g/mol. The van der Waals surface area contributed by atoms with E-state index in [4.69, 9.17) is 10.5 Å². The maximum Gasteiger partial charge on any atom is 0.148 e. The minimum absolute atomic E-state index is 0.614. The van der Waals surface area contributed by atoms with Crippen molar-refractivity contribution in [2.45, 2.75) is 19.8 Å². The molecule has 0 fully saturated rings. The van der Waals surface area contributed by atoms with Crippen LogP contribution < -0.4 is 5.73 Å². The molecule has 0 aliphatic heterocycles. The van der Waals surface area contributed by atoms with Crippen molar-refractivity contribution >= 4 is 5.82 Å². The Labute approximate surface area is 72.1 Å². The maximum absolute atomic E-state index is 5.64. The highest BCUT2D eigenvalue weighted by atomic mass is 16.5. The van der Waals surface area contributed by atoms with E-state index in [-0.39, 0.29) is 0 Å². The lowest BCUT2D eigenvalue weighted by molar-refractivity contribution is 0.201. The molecule has 1 rings (SSSR count). The van der Waals surface area contributed by atoms with Gasteiger partial charge in [-0.1, -0.05) is 6.92 Å². The van der Waals surface area contributed by atoms with Crippen molar-refractivity contribution in [3.05, 3.63) is 11.3 Å². The normalized spacial score (nSPS) is 10.5. The number of H-pyrrole nitrogens is 1. The highest BCUT2D eigenvalue weighted by molar-refractivity contribution is 5.41. The number of methoxy groups -OCH3 is 1. The molecule has 0 unspecified atom stereocenters. The Bertz CT molecular complexity index is 244. The molecule has 3 N–H and O–H groups in total. The third-order valence-corrected chi connectivity index (χ3v) is 1.89. The summed E-state index contributed by atoms with van der Waals surface area (Å²) in [5.41, 5.74) is 7.85. The van der Waals surface area contributed by atoms with Gasteiger partial charge in [0.25, 0.3) is 0 Å². The molecule has 0 saturated heterocycles. The summed E-state index contributed by atoms with van der Waals surface area (Å²) >= 11 is 0. The molecule has 0 amide bonds. The number of hydrogen-bond donors (Lipinski definition) is 2. The summed E-state index contributed by atoms with van der Waals surface area (Å²) in [6, 6.07) is 0. The van der Waals surface area contributed by atoms with E-state index in [2.05, 4.69) is 17.1 Å². The summed E-state index contributed by atoms with van der Waals surface area (Å²) in [6.45, 7) is 2.77. The Hall–Kier alpha value is -1.03. The number of nitrogens with two attached hydrogens (primary N) is 1. The Morgan fingerprint density at radius 2 is 2.33 bits per heavy atom. The molecule has 68 valence electrons. The van der Waals surface area contributed by atoms with E-state index >= 15 is 0 Å². The minimum Gasteiger partial charge on any atom is -0.384 e. The molecule has 0 spiro atoms. The molecule has 0 aliphatic rings. The molecule has 1 aromatic heterocycles. The number of nitrogen functional groups attached to an aromatic ring is 1. The third-order valence-electron chi connectivity index (χ3n) is 1.89. The number of nitrogens with zero attached hydrogens (tertiary/aromatic N) is 1. The minimum atomic E-state index is 0.614. The highest BCUT2D eigenvalue weighted by Crippen LogP contribution is 2.13. The average molecular weight is 169 g/mol. The van der Waals surface area contributed by atoms with E-state index in [9.17, 15) is 0 Å². The Morgan fingerprint density at radius 1 is 1.58 bits per heavy atom. The van der Waals surface area contributed by atoms with Gasteiger partial charge in [0.05, 0.1) is 6.61 Å². The Balaban J connectivity index is 2.70. The number of aromatic amines is 1. The number of ether oxygens (including phenoxy) is 1. The van der Waals surface area contributed by atoms with Crippen molar-refractivity contribution in [1.82, 2.24) is 10.2 Å². The zero-order chi connectivity index (χ0) is 8.97. The lowest BCUT2D eigenvalue weighted by atomic mass is 10.1. The van der Waals surface area contributed by atoms with Crippen LogP contribution in [0.5, 0.6) is 0 Å². The van der Waals surface area contributed by atoms with Crippen LogP contribution in [0.3, 0.4) is 0 Å². The van der Waals surface area contributed by atoms with Crippen molar-refractivity contribution in [2.24, 2.45) is 0 Å². The van der Waals surface area contributed by atoms with Crippen LogP contribution in [-0.2, 0) is 17.6 Å². The van der Waals surface area contributed by atoms with Crippen LogP contribution in [-0.4, -0.2) is 23.9 Å². The number of anilines is 1. The summed E-state index contributed by atoms with van der Waals surface area (Å²) in [4.78, 5) is 0. The monoisotopic (exact) mass is 169 g/mol. The fraction of sp³-hybridized carbons (Fsp3) is 0.625. The second-order valence-corrected chi connectivity index (χ2v) is 2.66. The second kappa shape index (κ2) is 4.11. The SMILES string of the molecule is CCc1c(N)n[nH]c1CCOC. The molecule has 4 nitrogen and oxygen atoms in total. The van der Waals surface area contributed by atoms with Gasteiger partial charge in [-0.3, -0.25) is 5.10 Å². The summed E-state index contributed by atoms with van der Waals surface area (Å²) in [5, 5.41) is 6.84. The van der Waals surface area contributed by atoms with Crippen molar-refractivity contribution in [3.8, 4) is 0 Å². The molecule has 0 bridgehead atoms. The molecule has 0 atom stereocenters. The van der Waals surface area contributed by atoms with Gasteiger partial charge in [0, 0.05) is 24.8 Å². The van der Waals surface area contributed by atoms with Gasteiger partial charge in [0.2, 0.25) is 0 Å². The summed E-state index contributed by atoms with van der Waals surface area (Å²) < 4.78 is 4.97. The third kappa shape index (κ3) is 1.76. The van der Waals surface area contributed by atoms with Crippen molar-refractivity contribution in [2.75, 3.05) is 19.5 Å². The second-order valence-electron chi connectivity index (χ2n) is 2.66. The van der Waals surface area contributed by atoms with Gasteiger partial charge < -0.3 is 10.5 Å². The van der Waals surface area contributed by atoms with Crippen LogP contribution >= 0.6 is 0 Å². The van der Waals surface area contributed by atoms with Gasteiger partial charge in [-0.25, -0.2) is 0 Å². The maximum atomic E-state index is 5.64. The topological polar surface area (TPSA) is 63.9 Å². The quantitative estimate of drug-likeness (QED) is 0.698. The molecule has 4 heteroatoms. The van der Waals surface area contributed by atoms with Crippen LogP contribution in [0.4, 0.5) is 5.82 Å². The van der Waals surface area contributed by atoms with Crippen LogP contribution in [0.2, 0.25) is 0 Å². The van der Waals surface area contributed by atoms with Crippen molar-refractivity contribution < 1.29 is 4.74 Å². The van der Waals surface area contributed by atoms with E-state index in [0.29, 0.717) is 12.4 Å². The van der Waals surface area contributed by atoms with Crippen LogP contribution in [0.1, 0.15) is 18.2 Å². The zero-order valence-corrected chi connectivity index (χ0v) is 7.55. The molecule has 1 aromatic rings. The van der Waals surface area contributed by atoms with E-state index < -0.39 is 0 Å². The highest BCUT2D eigenvalue weighted by Gasteiger charge is 2.07. The van der Waals surface area contributed by atoms with Gasteiger partial charge >= 0.3 is 0 Å². The van der Waals surface area contributed by atoms with Crippen LogP contribution in [0.25, 0.3) is 0 Å². The molecular formula is C8H15N3O. The van der Waals surface area contributed by atoms with Gasteiger partial charge in [0.1, 0.15) is 5.82 Å². The standard InChI is InChI=1S/C8H15N3O/c1-3-6-7(4-5-12-2)10-11-8(6)9/h3-5H2,1-2H3,(H3,9,10,11). The van der Waals surface area contributed by atoms with Crippen LogP contribution in [0.15, 0.2) is 0 Å².